The smallest absolute Gasteiger partial charge is 0.237 e. The molecule has 0 bridgehead atoms. The summed E-state index contributed by atoms with van der Waals surface area (Å²) in [7, 11) is 1.83. The van der Waals surface area contributed by atoms with Crippen molar-refractivity contribution in [1.82, 2.24) is 9.80 Å². The average Bonchev–Trinajstić information content (AvgIpc) is 2.54. The molecular weight excluding hydrogens is 268 g/mol. The van der Waals surface area contributed by atoms with E-state index in [2.05, 4.69) is 0 Å². The molecule has 0 aromatic heterocycles. The second-order valence-corrected chi connectivity index (χ2v) is 5.47. The number of nitrogens with zero attached hydrogens (tertiary/aromatic N) is 2. The molecule has 0 saturated carbocycles. The Morgan fingerprint density at radius 3 is 2.86 bits per heavy atom. The summed E-state index contributed by atoms with van der Waals surface area (Å²) in [5, 5.41) is 9.35. The van der Waals surface area contributed by atoms with Gasteiger partial charge in [0.15, 0.2) is 0 Å². The maximum absolute atomic E-state index is 12.4. The summed E-state index contributed by atoms with van der Waals surface area (Å²) in [5.74, 6) is 0.0618. The number of hydrogen-bond acceptors (Lipinski definition) is 4. The van der Waals surface area contributed by atoms with E-state index in [0.29, 0.717) is 26.3 Å². The highest BCUT2D eigenvalue weighted by Gasteiger charge is 2.26. The third-order valence-corrected chi connectivity index (χ3v) is 4.15. The Labute approximate surface area is 126 Å². The number of likely N-dealkylation sites (N-methyl/N-ethyl adjacent to an activating group) is 1. The maximum Gasteiger partial charge on any atom is 0.237 e. The number of aliphatic hydroxyl groups excluding tert-OH is 1. The third-order valence-electron chi connectivity index (χ3n) is 4.15. The molecule has 5 heteroatoms. The van der Waals surface area contributed by atoms with Crippen molar-refractivity contribution in [3.05, 3.63) is 35.9 Å². The first kappa shape index (κ1) is 15.9. The Morgan fingerprint density at radius 2 is 2.19 bits per heavy atom. The van der Waals surface area contributed by atoms with E-state index in [-0.39, 0.29) is 24.6 Å². The summed E-state index contributed by atoms with van der Waals surface area (Å²) >= 11 is 0. The van der Waals surface area contributed by atoms with Crippen molar-refractivity contribution in [3.63, 3.8) is 0 Å². The lowest BCUT2D eigenvalue weighted by Crippen LogP contribution is -2.51. The van der Waals surface area contributed by atoms with E-state index in [9.17, 15) is 9.90 Å². The van der Waals surface area contributed by atoms with Gasteiger partial charge in [0.1, 0.15) is 0 Å². The van der Waals surface area contributed by atoms with E-state index in [1.54, 1.807) is 4.90 Å². The minimum Gasteiger partial charge on any atom is -0.395 e. The van der Waals surface area contributed by atoms with E-state index >= 15 is 0 Å². The fourth-order valence-electron chi connectivity index (χ4n) is 2.52. The minimum atomic E-state index is -0.0804. The summed E-state index contributed by atoms with van der Waals surface area (Å²) in [6.45, 7) is 4.15. The largest absolute Gasteiger partial charge is 0.395 e. The molecule has 2 rings (SSSR count). The van der Waals surface area contributed by atoms with Crippen LogP contribution in [0, 0.1) is 0 Å². The molecule has 1 saturated heterocycles. The highest BCUT2D eigenvalue weighted by atomic mass is 16.5. The summed E-state index contributed by atoms with van der Waals surface area (Å²) < 4.78 is 5.34. The average molecular weight is 292 g/mol. The van der Waals surface area contributed by atoms with Crippen LogP contribution in [0.4, 0.5) is 0 Å². The van der Waals surface area contributed by atoms with Gasteiger partial charge in [0.2, 0.25) is 5.91 Å². The van der Waals surface area contributed by atoms with Gasteiger partial charge < -0.3 is 14.7 Å². The van der Waals surface area contributed by atoms with Gasteiger partial charge in [-0.2, -0.15) is 0 Å². The number of ether oxygens (including phenoxy) is 1. The zero-order valence-corrected chi connectivity index (χ0v) is 12.7. The Hall–Kier alpha value is -1.43. The molecule has 1 aromatic carbocycles. The molecule has 1 heterocycles. The minimum absolute atomic E-state index is 0.0191. The van der Waals surface area contributed by atoms with Crippen molar-refractivity contribution >= 4 is 5.91 Å². The van der Waals surface area contributed by atoms with Crippen molar-refractivity contribution in [2.75, 3.05) is 40.0 Å². The summed E-state index contributed by atoms with van der Waals surface area (Å²) in [4.78, 5) is 16.2. The predicted molar refractivity (Wildman–Crippen MR) is 80.9 cm³/mol. The monoisotopic (exact) mass is 292 g/mol. The maximum atomic E-state index is 12.4. The van der Waals surface area contributed by atoms with Crippen molar-refractivity contribution < 1.29 is 14.6 Å². The molecule has 0 aliphatic carbocycles. The first-order chi connectivity index (χ1) is 10.1. The van der Waals surface area contributed by atoms with Crippen LogP contribution in [0.25, 0.3) is 0 Å². The number of carbonyl (C=O) groups is 1. The van der Waals surface area contributed by atoms with Crippen LogP contribution in [0.2, 0.25) is 0 Å². The van der Waals surface area contributed by atoms with Crippen LogP contribution in [0.5, 0.6) is 0 Å². The Morgan fingerprint density at radius 1 is 1.48 bits per heavy atom. The normalized spacial score (nSPS) is 21.0. The van der Waals surface area contributed by atoms with Gasteiger partial charge in [-0.05, 0) is 12.5 Å². The highest BCUT2D eigenvalue weighted by Crippen LogP contribution is 2.18. The van der Waals surface area contributed by atoms with Crippen LogP contribution < -0.4 is 0 Å². The van der Waals surface area contributed by atoms with Gasteiger partial charge in [0, 0.05) is 13.6 Å². The molecule has 116 valence electrons. The highest BCUT2D eigenvalue weighted by molar-refractivity contribution is 5.78. The molecule has 0 spiro atoms. The molecular formula is C16H24N2O3. The number of aliphatic hydroxyl groups is 1. The lowest BCUT2D eigenvalue weighted by atomic mass is 10.1. The SMILES string of the molecule is CC(c1ccccc1)N(C)C(=O)CN1CCOCC1CO. The number of hydrogen-bond donors (Lipinski definition) is 1. The lowest BCUT2D eigenvalue weighted by Gasteiger charge is -2.35. The van der Waals surface area contributed by atoms with Crippen LogP contribution in [0.1, 0.15) is 18.5 Å². The third kappa shape index (κ3) is 4.03. The zero-order valence-electron chi connectivity index (χ0n) is 12.7. The van der Waals surface area contributed by atoms with Crippen molar-refractivity contribution in [2.45, 2.75) is 19.0 Å². The van der Waals surface area contributed by atoms with E-state index in [0.717, 1.165) is 5.56 Å². The second kappa shape index (κ2) is 7.54. The van der Waals surface area contributed by atoms with Crippen LogP contribution in [0.15, 0.2) is 30.3 Å². The summed E-state index contributed by atoms with van der Waals surface area (Å²) in [5.41, 5.74) is 1.12. The van der Waals surface area contributed by atoms with Crippen LogP contribution in [0.3, 0.4) is 0 Å². The Kier molecular flexibility index (Phi) is 5.73. The van der Waals surface area contributed by atoms with E-state index in [1.807, 2.05) is 49.2 Å². The topological polar surface area (TPSA) is 53.0 Å². The molecule has 1 N–H and O–H groups in total. The molecule has 1 fully saturated rings. The van der Waals surface area contributed by atoms with Gasteiger partial charge in [-0.3, -0.25) is 9.69 Å². The van der Waals surface area contributed by atoms with E-state index < -0.39 is 0 Å². The van der Waals surface area contributed by atoms with Gasteiger partial charge >= 0.3 is 0 Å². The Balaban J connectivity index is 1.95. The first-order valence-electron chi connectivity index (χ1n) is 7.36. The Bertz CT molecular complexity index is 452. The van der Waals surface area contributed by atoms with Crippen LogP contribution in [-0.4, -0.2) is 66.8 Å². The number of amides is 1. The fourth-order valence-corrected chi connectivity index (χ4v) is 2.52. The standard InChI is InChI=1S/C16H24N2O3/c1-13(14-6-4-3-5-7-14)17(2)16(20)10-18-8-9-21-12-15(18)11-19/h3-7,13,15,19H,8-12H2,1-2H3. The van der Waals surface area contributed by atoms with Crippen LogP contribution in [-0.2, 0) is 9.53 Å². The molecule has 5 nitrogen and oxygen atoms in total. The number of morpholine rings is 1. The summed E-state index contributed by atoms with van der Waals surface area (Å²) in [6, 6.07) is 9.94. The second-order valence-electron chi connectivity index (χ2n) is 5.47. The predicted octanol–water partition coefficient (Wildman–Crippen LogP) is 0.899. The number of rotatable bonds is 5. The fraction of sp³-hybridized carbons (Fsp3) is 0.562. The molecule has 21 heavy (non-hydrogen) atoms. The van der Waals surface area contributed by atoms with Gasteiger partial charge in [-0.1, -0.05) is 30.3 Å². The van der Waals surface area contributed by atoms with Crippen molar-refractivity contribution in [3.8, 4) is 0 Å². The van der Waals surface area contributed by atoms with Crippen LogP contribution >= 0.6 is 0 Å². The van der Waals surface area contributed by atoms with Gasteiger partial charge in [0.05, 0.1) is 38.4 Å². The molecule has 0 radical (unpaired) electrons. The lowest BCUT2D eigenvalue weighted by molar-refractivity contribution is -0.136. The molecule has 1 aliphatic heterocycles. The quantitative estimate of drug-likeness (QED) is 0.876. The molecule has 1 aliphatic rings. The van der Waals surface area contributed by atoms with E-state index in [4.69, 9.17) is 4.74 Å². The molecule has 2 atom stereocenters. The zero-order chi connectivity index (χ0) is 15.2. The first-order valence-corrected chi connectivity index (χ1v) is 7.36. The number of benzene rings is 1. The molecule has 1 amide bonds. The molecule has 1 aromatic rings. The van der Waals surface area contributed by atoms with Gasteiger partial charge in [-0.25, -0.2) is 0 Å². The summed E-state index contributed by atoms with van der Waals surface area (Å²) in [6.07, 6.45) is 0. The van der Waals surface area contributed by atoms with Gasteiger partial charge in [-0.15, -0.1) is 0 Å². The molecule has 2 unspecified atom stereocenters. The number of carbonyl (C=O) groups excluding carboxylic acids is 1. The van der Waals surface area contributed by atoms with Crippen molar-refractivity contribution in [2.24, 2.45) is 0 Å². The van der Waals surface area contributed by atoms with Crippen molar-refractivity contribution in [1.29, 1.82) is 0 Å². The van der Waals surface area contributed by atoms with Gasteiger partial charge in [0.25, 0.3) is 0 Å². The van der Waals surface area contributed by atoms with E-state index in [1.165, 1.54) is 0 Å².